The van der Waals surface area contributed by atoms with Gasteiger partial charge in [-0.3, -0.25) is 0 Å². The third kappa shape index (κ3) is 2.33. The SMILES string of the molecule is COc1ccc(-c2nccc(C(=O)O)n2)nn1. The van der Waals surface area contributed by atoms with Crippen molar-refractivity contribution in [2.45, 2.75) is 0 Å². The van der Waals surface area contributed by atoms with Crippen LogP contribution in [0.3, 0.4) is 0 Å². The first-order valence-corrected chi connectivity index (χ1v) is 4.65. The smallest absolute Gasteiger partial charge is 0.354 e. The summed E-state index contributed by atoms with van der Waals surface area (Å²) in [5, 5.41) is 16.4. The summed E-state index contributed by atoms with van der Waals surface area (Å²) in [5.41, 5.74) is 0.293. The molecule has 17 heavy (non-hydrogen) atoms. The van der Waals surface area contributed by atoms with Crippen molar-refractivity contribution >= 4 is 5.97 Å². The average molecular weight is 232 g/mol. The van der Waals surface area contributed by atoms with Gasteiger partial charge in [0.05, 0.1) is 7.11 Å². The Bertz CT molecular complexity index is 542. The van der Waals surface area contributed by atoms with Gasteiger partial charge in [0.25, 0.3) is 0 Å². The number of aromatic nitrogens is 4. The van der Waals surface area contributed by atoms with Gasteiger partial charge in [-0.15, -0.1) is 10.2 Å². The maximum absolute atomic E-state index is 10.7. The predicted octanol–water partition coefficient (Wildman–Crippen LogP) is 0.640. The number of carboxylic acids is 1. The molecule has 0 aromatic carbocycles. The van der Waals surface area contributed by atoms with Crippen LogP contribution < -0.4 is 4.74 Å². The standard InChI is InChI=1S/C10H8N4O3/c1-17-8-3-2-6(13-14-8)9-11-5-4-7(12-9)10(15)16/h2-5H,1H3,(H,15,16). The third-order valence-electron chi connectivity index (χ3n) is 1.95. The topological polar surface area (TPSA) is 98.1 Å². The zero-order valence-electron chi connectivity index (χ0n) is 8.86. The second kappa shape index (κ2) is 4.52. The molecule has 0 fully saturated rings. The van der Waals surface area contributed by atoms with Crippen LogP contribution in [0.5, 0.6) is 5.88 Å². The number of aromatic carboxylic acids is 1. The fourth-order valence-corrected chi connectivity index (χ4v) is 1.15. The Morgan fingerprint density at radius 2 is 2.12 bits per heavy atom. The third-order valence-corrected chi connectivity index (χ3v) is 1.95. The molecule has 0 bridgehead atoms. The van der Waals surface area contributed by atoms with Gasteiger partial charge in [0.1, 0.15) is 5.69 Å². The summed E-state index contributed by atoms with van der Waals surface area (Å²) in [6.45, 7) is 0. The van der Waals surface area contributed by atoms with Gasteiger partial charge in [-0.2, -0.15) is 0 Å². The quantitative estimate of drug-likeness (QED) is 0.828. The van der Waals surface area contributed by atoms with Crippen LogP contribution in [-0.2, 0) is 0 Å². The molecule has 0 saturated carbocycles. The van der Waals surface area contributed by atoms with Gasteiger partial charge in [0.15, 0.2) is 11.5 Å². The molecule has 0 amide bonds. The van der Waals surface area contributed by atoms with Crippen molar-refractivity contribution in [2.75, 3.05) is 7.11 Å². The van der Waals surface area contributed by atoms with Crippen LogP contribution in [0.1, 0.15) is 10.5 Å². The van der Waals surface area contributed by atoms with E-state index in [9.17, 15) is 4.79 Å². The summed E-state index contributed by atoms with van der Waals surface area (Å²) < 4.78 is 4.86. The van der Waals surface area contributed by atoms with E-state index in [2.05, 4.69) is 20.2 Å². The number of methoxy groups -OCH3 is 1. The molecule has 2 aromatic rings. The maximum Gasteiger partial charge on any atom is 0.354 e. The highest BCUT2D eigenvalue weighted by molar-refractivity contribution is 5.85. The second-order valence-corrected chi connectivity index (χ2v) is 3.03. The van der Waals surface area contributed by atoms with E-state index in [1.165, 1.54) is 19.4 Å². The Labute approximate surface area is 96.1 Å². The van der Waals surface area contributed by atoms with Crippen LogP contribution in [0.2, 0.25) is 0 Å². The summed E-state index contributed by atoms with van der Waals surface area (Å²) in [4.78, 5) is 18.5. The lowest BCUT2D eigenvalue weighted by molar-refractivity contribution is 0.0690. The Kier molecular flexibility index (Phi) is 2.91. The normalized spacial score (nSPS) is 9.94. The van der Waals surface area contributed by atoms with Crippen molar-refractivity contribution < 1.29 is 14.6 Å². The Hall–Kier alpha value is -2.57. The van der Waals surface area contributed by atoms with Gasteiger partial charge in [0.2, 0.25) is 5.88 Å². The highest BCUT2D eigenvalue weighted by atomic mass is 16.5. The van der Waals surface area contributed by atoms with E-state index in [0.717, 1.165) is 0 Å². The largest absolute Gasteiger partial charge is 0.480 e. The molecule has 7 nitrogen and oxygen atoms in total. The minimum atomic E-state index is -1.12. The number of carbonyl (C=O) groups is 1. The van der Waals surface area contributed by atoms with Crippen molar-refractivity contribution in [2.24, 2.45) is 0 Å². The fraction of sp³-hybridized carbons (Fsp3) is 0.100. The van der Waals surface area contributed by atoms with Crippen LogP contribution in [0.15, 0.2) is 24.4 Å². The summed E-state index contributed by atoms with van der Waals surface area (Å²) in [5.74, 6) is -0.543. The Balaban J connectivity index is 2.38. The molecule has 1 N–H and O–H groups in total. The Morgan fingerprint density at radius 3 is 2.71 bits per heavy atom. The number of ether oxygens (including phenoxy) is 1. The van der Waals surface area contributed by atoms with Crippen LogP contribution in [0, 0.1) is 0 Å². The number of hydrogen-bond acceptors (Lipinski definition) is 6. The van der Waals surface area contributed by atoms with Gasteiger partial charge in [-0.1, -0.05) is 0 Å². The lowest BCUT2D eigenvalue weighted by Crippen LogP contribution is -2.03. The molecule has 0 unspecified atom stereocenters. The molecular formula is C10H8N4O3. The van der Waals surface area contributed by atoms with Crippen LogP contribution >= 0.6 is 0 Å². The summed E-state index contributed by atoms with van der Waals surface area (Å²) in [6.07, 6.45) is 1.36. The summed E-state index contributed by atoms with van der Waals surface area (Å²) in [7, 11) is 1.48. The highest BCUT2D eigenvalue weighted by Crippen LogP contribution is 2.13. The van der Waals surface area contributed by atoms with Crippen molar-refractivity contribution in [3.05, 3.63) is 30.1 Å². The monoisotopic (exact) mass is 232 g/mol. The molecule has 86 valence electrons. The van der Waals surface area contributed by atoms with Crippen molar-refractivity contribution in [1.29, 1.82) is 0 Å². The summed E-state index contributed by atoms with van der Waals surface area (Å²) in [6, 6.07) is 4.51. The molecule has 0 atom stereocenters. The molecule has 0 saturated heterocycles. The van der Waals surface area contributed by atoms with E-state index >= 15 is 0 Å². The fourth-order valence-electron chi connectivity index (χ4n) is 1.15. The van der Waals surface area contributed by atoms with Crippen LogP contribution in [-0.4, -0.2) is 38.4 Å². The van der Waals surface area contributed by atoms with Gasteiger partial charge in [-0.05, 0) is 12.1 Å². The van der Waals surface area contributed by atoms with Crippen molar-refractivity contribution in [3.63, 3.8) is 0 Å². The minimum absolute atomic E-state index is 0.0902. The van der Waals surface area contributed by atoms with E-state index < -0.39 is 5.97 Å². The van der Waals surface area contributed by atoms with Gasteiger partial charge >= 0.3 is 5.97 Å². The van der Waals surface area contributed by atoms with E-state index in [-0.39, 0.29) is 11.5 Å². The molecule has 2 aromatic heterocycles. The number of hydrogen-bond donors (Lipinski definition) is 1. The second-order valence-electron chi connectivity index (χ2n) is 3.03. The first kappa shape index (κ1) is 10.9. The van der Waals surface area contributed by atoms with Crippen LogP contribution in [0.4, 0.5) is 0 Å². The number of rotatable bonds is 3. The zero-order chi connectivity index (χ0) is 12.3. The molecule has 0 aliphatic carbocycles. The van der Waals surface area contributed by atoms with E-state index in [4.69, 9.17) is 9.84 Å². The van der Waals surface area contributed by atoms with E-state index in [0.29, 0.717) is 11.6 Å². The maximum atomic E-state index is 10.7. The van der Waals surface area contributed by atoms with E-state index in [1.807, 2.05) is 0 Å². The van der Waals surface area contributed by atoms with E-state index in [1.54, 1.807) is 12.1 Å². The molecular weight excluding hydrogens is 224 g/mol. The lowest BCUT2D eigenvalue weighted by atomic mass is 10.3. The first-order chi connectivity index (χ1) is 8.20. The van der Waals surface area contributed by atoms with Gasteiger partial charge in [0, 0.05) is 12.3 Å². The number of carboxylic acid groups (broad SMARTS) is 1. The molecule has 2 rings (SSSR count). The molecule has 0 spiro atoms. The molecule has 0 aliphatic rings. The minimum Gasteiger partial charge on any atom is -0.480 e. The van der Waals surface area contributed by atoms with Gasteiger partial charge < -0.3 is 9.84 Å². The Morgan fingerprint density at radius 1 is 1.29 bits per heavy atom. The number of nitrogens with zero attached hydrogens (tertiary/aromatic N) is 4. The summed E-state index contributed by atoms with van der Waals surface area (Å²) >= 11 is 0. The lowest BCUT2D eigenvalue weighted by Gasteiger charge is -2.00. The molecule has 7 heteroatoms. The molecule has 0 radical (unpaired) electrons. The molecule has 2 heterocycles. The molecule has 0 aliphatic heterocycles. The van der Waals surface area contributed by atoms with Crippen LogP contribution in [0.25, 0.3) is 11.5 Å². The highest BCUT2D eigenvalue weighted by Gasteiger charge is 2.09. The van der Waals surface area contributed by atoms with Gasteiger partial charge in [-0.25, -0.2) is 14.8 Å². The zero-order valence-corrected chi connectivity index (χ0v) is 8.86. The van der Waals surface area contributed by atoms with Crippen molar-refractivity contribution in [3.8, 4) is 17.4 Å². The van der Waals surface area contributed by atoms with Crippen molar-refractivity contribution in [1.82, 2.24) is 20.2 Å². The average Bonchev–Trinajstić information content (AvgIpc) is 2.39. The predicted molar refractivity (Wildman–Crippen MR) is 56.6 cm³/mol. The first-order valence-electron chi connectivity index (χ1n) is 4.65.